The van der Waals surface area contributed by atoms with Crippen LogP contribution in [0.1, 0.15) is 16.7 Å². The summed E-state index contributed by atoms with van der Waals surface area (Å²) < 4.78 is 6.08. The van der Waals surface area contributed by atoms with Crippen molar-refractivity contribution < 1.29 is 4.74 Å². The highest BCUT2D eigenvalue weighted by Crippen LogP contribution is 2.32. The lowest BCUT2D eigenvalue weighted by atomic mass is 10.0. The highest BCUT2D eigenvalue weighted by atomic mass is 32.1. The van der Waals surface area contributed by atoms with Crippen LogP contribution in [0.2, 0.25) is 0 Å². The number of nitrogens with zero attached hydrogens (tertiary/aromatic N) is 1. The SMILES string of the molecule is COc1ccc(C)cc1-c1n[nH]c(=S)c(C)c1C. The number of hydrogen-bond donors (Lipinski definition) is 1. The van der Waals surface area contributed by atoms with Gasteiger partial charge in [-0.15, -0.1) is 0 Å². The van der Waals surface area contributed by atoms with E-state index in [4.69, 9.17) is 17.0 Å². The molecule has 0 atom stereocenters. The number of aromatic nitrogens is 2. The Morgan fingerprint density at radius 2 is 1.89 bits per heavy atom. The van der Waals surface area contributed by atoms with Crippen LogP contribution in [0.4, 0.5) is 0 Å². The zero-order valence-corrected chi connectivity index (χ0v) is 11.8. The average Bonchev–Trinajstić information content (AvgIpc) is 2.36. The maximum absolute atomic E-state index is 5.40. The molecule has 2 aromatic rings. The molecule has 0 aliphatic carbocycles. The largest absolute Gasteiger partial charge is 0.496 e. The quantitative estimate of drug-likeness (QED) is 0.836. The molecule has 0 aliphatic rings. The first-order valence-electron chi connectivity index (χ1n) is 5.75. The van der Waals surface area contributed by atoms with Crippen molar-refractivity contribution >= 4 is 12.2 Å². The van der Waals surface area contributed by atoms with Crippen LogP contribution < -0.4 is 4.74 Å². The molecular formula is C14H16N2OS. The number of aryl methyl sites for hydroxylation is 1. The van der Waals surface area contributed by atoms with Crippen LogP contribution >= 0.6 is 12.2 Å². The number of benzene rings is 1. The van der Waals surface area contributed by atoms with Gasteiger partial charge in [-0.25, -0.2) is 0 Å². The van der Waals surface area contributed by atoms with Gasteiger partial charge >= 0.3 is 0 Å². The van der Waals surface area contributed by atoms with E-state index in [1.165, 1.54) is 5.56 Å². The van der Waals surface area contributed by atoms with E-state index in [2.05, 4.69) is 23.2 Å². The van der Waals surface area contributed by atoms with E-state index < -0.39 is 0 Å². The fourth-order valence-electron chi connectivity index (χ4n) is 1.89. The van der Waals surface area contributed by atoms with Gasteiger partial charge in [0.2, 0.25) is 0 Å². The molecule has 3 nitrogen and oxygen atoms in total. The summed E-state index contributed by atoms with van der Waals surface area (Å²) in [4.78, 5) is 0. The summed E-state index contributed by atoms with van der Waals surface area (Å²) in [6.07, 6.45) is 0. The van der Waals surface area contributed by atoms with Crippen molar-refractivity contribution in [3.8, 4) is 17.0 Å². The van der Waals surface area contributed by atoms with Gasteiger partial charge in [0.05, 0.1) is 12.8 Å². The molecule has 0 saturated heterocycles. The molecule has 0 amide bonds. The molecule has 1 aromatic carbocycles. The lowest BCUT2D eigenvalue weighted by molar-refractivity contribution is 0.416. The van der Waals surface area contributed by atoms with Crippen LogP contribution in [-0.4, -0.2) is 17.3 Å². The summed E-state index contributed by atoms with van der Waals surface area (Å²) in [5.74, 6) is 0.820. The van der Waals surface area contributed by atoms with Gasteiger partial charge in [0.1, 0.15) is 10.4 Å². The molecule has 0 unspecified atom stereocenters. The summed E-state index contributed by atoms with van der Waals surface area (Å²) in [6, 6.07) is 6.06. The summed E-state index contributed by atoms with van der Waals surface area (Å²) in [6.45, 7) is 6.08. The lowest BCUT2D eigenvalue weighted by Crippen LogP contribution is -1.98. The first-order chi connectivity index (χ1) is 8.54. The molecule has 2 rings (SSSR count). The van der Waals surface area contributed by atoms with Crippen LogP contribution in [0.25, 0.3) is 11.3 Å². The Morgan fingerprint density at radius 1 is 1.17 bits per heavy atom. The lowest BCUT2D eigenvalue weighted by Gasteiger charge is -2.12. The Balaban J connectivity index is 2.73. The minimum absolute atomic E-state index is 0.683. The van der Waals surface area contributed by atoms with E-state index in [1.54, 1.807) is 7.11 Å². The van der Waals surface area contributed by atoms with Gasteiger partial charge in [-0.3, -0.25) is 5.10 Å². The molecular weight excluding hydrogens is 244 g/mol. The van der Waals surface area contributed by atoms with Crippen molar-refractivity contribution in [2.45, 2.75) is 20.8 Å². The number of rotatable bonds is 2. The molecule has 0 aliphatic heterocycles. The third-order valence-corrected chi connectivity index (χ3v) is 3.54. The maximum atomic E-state index is 5.40. The molecule has 0 radical (unpaired) electrons. The van der Waals surface area contributed by atoms with Crippen LogP contribution in [-0.2, 0) is 0 Å². The predicted molar refractivity (Wildman–Crippen MR) is 75.6 cm³/mol. The predicted octanol–water partition coefficient (Wildman–Crippen LogP) is 3.74. The number of ether oxygens (including phenoxy) is 1. The Bertz CT molecular complexity index is 647. The summed E-state index contributed by atoms with van der Waals surface area (Å²) in [5.41, 5.74) is 5.19. The molecule has 4 heteroatoms. The monoisotopic (exact) mass is 260 g/mol. The van der Waals surface area contributed by atoms with Gasteiger partial charge in [0.25, 0.3) is 0 Å². The normalized spacial score (nSPS) is 10.4. The highest BCUT2D eigenvalue weighted by Gasteiger charge is 2.12. The fraction of sp³-hybridized carbons (Fsp3) is 0.286. The highest BCUT2D eigenvalue weighted by molar-refractivity contribution is 7.71. The topological polar surface area (TPSA) is 37.9 Å². The Labute approximate surface area is 112 Å². The minimum atomic E-state index is 0.683. The summed E-state index contributed by atoms with van der Waals surface area (Å²) in [7, 11) is 1.67. The molecule has 1 N–H and O–H groups in total. The van der Waals surface area contributed by atoms with E-state index in [0.29, 0.717) is 4.64 Å². The number of methoxy groups -OCH3 is 1. The smallest absolute Gasteiger partial charge is 0.128 e. The van der Waals surface area contributed by atoms with Crippen LogP contribution in [0.15, 0.2) is 18.2 Å². The number of H-pyrrole nitrogens is 1. The molecule has 94 valence electrons. The molecule has 18 heavy (non-hydrogen) atoms. The molecule has 0 fully saturated rings. The Kier molecular flexibility index (Phi) is 3.48. The second kappa shape index (κ2) is 4.90. The van der Waals surface area contributed by atoms with Gasteiger partial charge in [-0.2, -0.15) is 5.10 Å². The summed E-state index contributed by atoms with van der Waals surface area (Å²) >= 11 is 5.19. The summed E-state index contributed by atoms with van der Waals surface area (Å²) in [5, 5.41) is 7.24. The first-order valence-corrected chi connectivity index (χ1v) is 6.16. The van der Waals surface area contributed by atoms with Crippen molar-refractivity contribution in [1.29, 1.82) is 0 Å². The number of aromatic amines is 1. The van der Waals surface area contributed by atoms with Crippen molar-refractivity contribution in [2.75, 3.05) is 7.11 Å². The fourth-order valence-corrected chi connectivity index (χ4v) is 2.09. The van der Waals surface area contributed by atoms with Crippen molar-refractivity contribution in [1.82, 2.24) is 10.2 Å². The number of hydrogen-bond acceptors (Lipinski definition) is 3. The maximum Gasteiger partial charge on any atom is 0.128 e. The molecule has 1 heterocycles. The van der Waals surface area contributed by atoms with E-state index in [1.807, 2.05) is 26.0 Å². The third-order valence-electron chi connectivity index (χ3n) is 3.14. The van der Waals surface area contributed by atoms with Crippen molar-refractivity contribution in [3.05, 3.63) is 39.5 Å². The third kappa shape index (κ3) is 2.16. The number of nitrogens with one attached hydrogen (secondary N) is 1. The average molecular weight is 260 g/mol. The standard InChI is InChI=1S/C14H16N2OS/c1-8-5-6-12(17-4)11(7-8)13-9(2)10(3)14(18)16-15-13/h5-7H,1-4H3,(H,16,18). The van der Waals surface area contributed by atoms with Crippen LogP contribution in [0.5, 0.6) is 5.75 Å². The van der Waals surface area contributed by atoms with E-state index in [-0.39, 0.29) is 0 Å². The minimum Gasteiger partial charge on any atom is -0.496 e. The molecule has 0 bridgehead atoms. The second-order valence-corrected chi connectivity index (χ2v) is 4.76. The van der Waals surface area contributed by atoms with Crippen molar-refractivity contribution in [3.63, 3.8) is 0 Å². The van der Waals surface area contributed by atoms with E-state index in [9.17, 15) is 0 Å². The van der Waals surface area contributed by atoms with Crippen molar-refractivity contribution in [2.24, 2.45) is 0 Å². The van der Waals surface area contributed by atoms with Crippen LogP contribution in [0, 0.1) is 25.4 Å². The Hall–Kier alpha value is -1.68. The Morgan fingerprint density at radius 3 is 2.56 bits per heavy atom. The first kappa shape index (κ1) is 12.8. The molecule has 0 spiro atoms. The van der Waals surface area contributed by atoms with Gasteiger partial charge in [0.15, 0.2) is 0 Å². The molecule has 1 aromatic heterocycles. The van der Waals surface area contributed by atoms with Crippen LogP contribution in [0.3, 0.4) is 0 Å². The van der Waals surface area contributed by atoms with Gasteiger partial charge in [-0.05, 0) is 44.0 Å². The van der Waals surface area contributed by atoms with Gasteiger partial charge in [-0.1, -0.05) is 23.8 Å². The second-order valence-electron chi connectivity index (χ2n) is 4.36. The van der Waals surface area contributed by atoms with Gasteiger partial charge in [0, 0.05) is 5.56 Å². The van der Waals surface area contributed by atoms with E-state index >= 15 is 0 Å². The zero-order valence-electron chi connectivity index (χ0n) is 11.0. The molecule has 0 saturated carbocycles. The van der Waals surface area contributed by atoms with Gasteiger partial charge < -0.3 is 4.74 Å². The zero-order chi connectivity index (χ0) is 13.3. The van der Waals surface area contributed by atoms with E-state index in [0.717, 1.165) is 28.1 Å².